The summed E-state index contributed by atoms with van der Waals surface area (Å²) < 4.78 is 29.2. The van der Waals surface area contributed by atoms with Gasteiger partial charge in [0, 0.05) is 11.8 Å². The zero-order valence-corrected chi connectivity index (χ0v) is 15.8. The summed E-state index contributed by atoms with van der Waals surface area (Å²) in [7, 11) is 0. The van der Waals surface area contributed by atoms with Crippen molar-refractivity contribution in [3.8, 4) is 17.3 Å². The number of hydrogen-bond donors (Lipinski definition) is 0. The molecular formula is C21H26F2N2. The Balaban J connectivity index is 0.00000151. The first-order valence-electron chi connectivity index (χ1n) is 8.70. The van der Waals surface area contributed by atoms with Gasteiger partial charge in [-0.15, -0.1) is 0 Å². The molecule has 2 aromatic rings. The highest BCUT2D eigenvalue weighted by molar-refractivity contribution is 5.69. The Morgan fingerprint density at radius 2 is 1.88 bits per heavy atom. The average molecular weight is 344 g/mol. The van der Waals surface area contributed by atoms with Crippen LogP contribution >= 0.6 is 0 Å². The Hall–Kier alpha value is -2.28. The van der Waals surface area contributed by atoms with E-state index >= 15 is 0 Å². The lowest BCUT2D eigenvalue weighted by Crippen LogP contribution is -2.29. The van der Waals surface area contributed by atoms with Crippen LogP contribution in [0.25, 0.3) is 11.3 Å². The number of aromatic nitrogens is 1. The van der Waals surface area contributed by atoms with Gasteiger partial charge in [0.15, 0.2) is 5.82 Å². The number of rotatable bonds is 4. The average Bonchev–Trinajstić information content (AvgIpc) is 2.63. The topological polar surface area (TPSA) is 36.7 Å². The Morgan fingerprint density at radius 1 is 1.24 bits per heavy atom. The maximum absolute atomic E-state index is 14.9. The molecule has 0 bridgehead atoms. The number of pyridine rings is 1. The van der Waals surface area contributed by atoms with Crippen LogP contribution in [0, 0.1) is 28.9 Å². The van der Waals surface area contributed by atoms with Gasteiger partial charge in [0.05, 0.1) is 5.69 Å². The fraction of sp³-hybridized carbons (Fsp3) is 0.429. The van der Waals surface area contributed by atoms with Crippen LogP contribution in [-0.4, -0.2) is 4.98 Å². The first-order chi connectivity index (χ1) is 11.9. The van der Waals surface area contributed by atoms with E-state index in [1.165, 1.54) is 6.07 Å². The van der Waals surface area contributed by atoms with Crippen molar-refractivity contribution in [3.05, 3.63) is 53.2 Å². The molecular weight excluding hydrogens is 318 g/mol. The highest BCUT2D eigenvalue weighted by atomic mass is 19.1. The first kappa shape index (κ1) is 20.8. The molecule has 1 atom stereocenters. The van der Waals surface area contributed by atoms with Gasteiger partial charge in [-0.1, -0.05) is 47.6 Å². The zero-order valence-electron chi connectivity index (χ0n) is 15.8. The molecule has 0 fully saturated rings. The predicted octanol–water partition coefficient (Wildman–Crippen LogP) is 6.25. The molecule has 2 nitrogen and oxygen atoms in total. The molecule has 0 aliphatic heterocycles. The standard InChI is InChI=1S/C19H20F2N2.C2H6/c1-5-19(4,12(2)3)14-10-15(20)13(11-22)18(21)17(14)16-8-6-7-9-23-16;1-2/h6-10,12H,5H2,1-4H3;1-2H3. The summed E-state index contributed by atoms with van der Waals surface area (Å²) in [5, 5.41) is 9.08. The van der Waals surface area contributed by atoms with Crippen molar-refractivity contribution >= 4 is 0 Å². The summed E-state index contributed by atoms with van der Waals surface area (Å²) in [6.07, 6.45) is 2.28. The van der Waals surface area contributed by atoms with Crippen LogP contribution in [0.3, 0.4) is 0 Å². The lowest BCUT2D eigenvalue weighted by atomic mass is 9.69. The summed E-state index contributed by atoms with van der Waals surface area (Å²) >= 11 is 0. The van der Waals surface area contributed by atoms with Crippen molar-refractivity contribution in [3.63, 3.8) is 0 Å². The molecule has 2 rings (SSSR count). The quantitative estimate of drug-likeness (QED) is 0.657. The van der Waals surface area contributed by atoms with Gasteiger partial charge in [-0.3, -0.25) is 4.98 Å². The number of nitriles is 1. The van der Waals surface area contributed by atoms with E-state index in [0.29, 0.717) is 11.3 Å². The molecule has 0 spiro atoms. The van der Waals surface area contributed by atoms with E-state index in [4.69, 9.17) is 5.26 Å². The Kier molecular flexibility index (Phi) is 7.23. The van der Waals surface area contributed by atoms with Gasteiger partial charge in [0.1, 0.15) is 17.4 Å². The van der Waals surface area contributed by atoms with Gasteiger partial charge in [0.2, 0.25) is 0 Å². The van der Waals surface area contributed by atoms with Crippen LogP contribution in [0.2, 0.25) is 0 Å². The molecule has 25 heavy (non-hydrogen) atoms. The van der Waals surface area contributed by atoms with E-state index in [0.717, 1.165) is 6.42 Å². The molecule has 1 aromatic heterocycles. The largest absolute Gasteiger partial charge is 0.256 e. The van der Waals surface area contributed by atoms with Crippen molar-refractivity contribution in [2.75, 3.05) is 0 Å². The van der Waals surface area contributed by atoms with Crippen LogP contribution in [0.5, 0.6) is 0 Å². The normalized spacial score (nSPS) is 12.8. The van der Waals surface area contributed by atoms with Gasteiger partial charge in [-0.2, -0.15) is 5.26 Å². The van der Waals surface area contributed by atoms with Crippen molar-refractivity contribution in [1.82, 2.24) is 4.98 Å². The van der Waals surface area contributed by atoms with E-state index in [-0.39, 0.29) is 11.5 Å². The predicted molar refractivity (Wildman–Crippen MR) is 98.1 cm³/mol. The van der Waals surface area contributed by atoms with E-state index in [1.807, 2.05) is 41.5 Å². The van der Waals surface area contributed by atoms with Crippen LogP contribution in [0.15, 0.2) is 30.5 Å². The number of benzene rings is 1. The first-order valence-corrected chi connectivity index (χ1v) is 8.70. The second kappa shape index (κ2) is 8.71. The maximum atomic E-state index is 14.9. The number of nitrogens with zero attached hydrogens (tertiary/aromatic N) is 2. The van der Waals surface area contributed by atoms with Gasteiger partial charge in [-0.25, -0.2) is 8.78 Å². The van der Waals surface area contributed by atoms with Gasteiger partial charge in [0.25, 0.3) is 0 Å². The third-order valence-electron chi connectivity index (χ3n) is 4.88. The van der Waals surface area contributed by atoms with Crippen LogP contribution in [-0.2, 0) is 5.41 Å². The van der Waals surface area contributed by atoms with E-state index in [2.05, 4.69) is 4.98 Å². The molecule has 0 aliphatic carbocycles. The highest BCUT2D eigenvalue weighted by Gasteiger charge is 2.34. The van der Waals surface area contributed by atoms with E-state index in [9.17, 15) is 8.78 Å². The lowest BCUT2D eigenvalue weighted by molar-refractivity contribution is 0.324. The second-order valence-corrected chi connectivity index (χ2v) is 6.22. The highest BCUT2D eigenvalue weighted by Crippen LogP contribution is 2.42. The van der Waals surface area contributed by atoms with Gasteiger partial charge >= 0.3 is 0 Å². The van der Waals surface area contributed by atoms with Crippen LogP contribution < -0.4 is 0 Å². The summed E-state index contributed by atoms with van der Waals surface area (Å²) in [6.45, 7) is 12.0. The second-order valence-electron chi connectivity index (χ2n) is 6.22. The lowest BCUT2D eigenvalue weighted by Gasteiger charge is -2.35. The van der Waals surface area contributed by atoms with Gasteiger partial charge in [-0.05, 0) is 41.5 Å². The molecule has 1 aromatic carbocycles. The Labute approximate surface area is 149 Å². The summed E-state index contributed by atoms with van der Waals surface area (Å²) in [5.74, 6) is -1.48. The molecule has 1 unspecified atom stereocenters. The monoisotopic (exact) mass is 344 g/mol. The minimum Gasteiger partial charge on any atom is -0.256 e. The summed E-state index contributed by atoms with van der Waals surface area (Å²) in [6, 6.07) is 8.08. The molecule has 0 saturated carbocycles. The Bertz CT molecular complexity index is 749. The smallest absolute Gasteiger partial charge is 0.153 e. The molecule has 0 N–H and O–H groups in total. The van der Waals surface area contributed by atoms with Crippen LogP contribution in [0.1, 0.15) is 59.1 Å². The van der Waals surface area contributed by atoms with E-state index < -0.39 is 22.6 Å². The molecule has 4 heteroatoms. The van der Waals surface area contributed by atoms with Crippen molar-refractivity contribution in [2.45, 2.75) is 53.4 Å². The molecule has 134 valence electrons. The minimum absolute atomic E-state index is 0.168. The fourth-order valence-electron chi connectivity index (χ4n) is 2.84. The maximum Gasteiger partial charge on any atom is 0.153 e. The molecule has 0 radical (unpaired) electrons. The SMILES string of the molecule is CC.CCC(C)(c1cc(F)c(C#N)c(F)c1-c1ccccn1)C(C)C. The third-order valence-corrected chi connectivity index (χ3v) is 4.88. The van der Waals surface area contributed by atoms with E-state index in [1.54, 1.807) is 30.5 Å². The molecule has 1 heterocycles. The van der Waals surface area contributed by atoms with Crippen molar-refractivity contribution in [2.24, 2.45) is 5.92 Å². The van der Waals surface area contributed by atoms with Crippen molar-refractivity contribution < 1.29 is 8.78 Å². The molecule has 0 aliphatic rings. The zero-order chi connectivity index (χ0) is 19.2. The summed E-state index contributed by atoms with van der Waals surface area (Å²) in [4.78, 5) is 4.21. The summed E-state index contributed by atoms with van der Waals surface area (Å²) in [5.41, 5.74) is 0.209. The minimum atomic E-state index is -0.832. The molecule has 0 saturated heterocycles. The third kappa shape index (κ3) is 3.87. The molecule has 0 amide bonds. The van der Waals surface area contributed by atoms with Crippen molar-refractivity contribution in [1.29, 1.82) is 5.26 Å². The van der Waals surface area contributed by atoms with Gasteiger partial charge < -0.3 is 0 Å². The number of hydrogen-bond acceptors (Lipinski definition) is 2. The number of halogens is 2. The fourth-order valence-corrected chi connectivity index (χ4v) is 2.84. The van der Waals surface area contributed by atoms with Crippen LogP contribution in [0.4, 0.5) is 8.78 Å². The Morgan fingerprint density at radius 3 is 2.32 bits per heavy atom.